The highest BCUT2D eigenvalue weighted by Gasteiger charge is 2.16. The molecule has 0 radical (unpaired) electrons. The van der Waals surface area contributed by atoms with E-state index >= 15 is 0 Å². The number of rotatable bonds is 5. The van der Waals surface area contributed by atoms with E-state index in [2.05, 4.69) is 23.8 Å². The monoisotopic (exact) mass is 320 g/mol. The molecule has 0 spiro atoms. The third-order valence-corrected chi connectivity index (χ3v) is 4.27. The minimum atomic E-state index is 0.165. The fourth-order valence-electron chi connectivity index (χ4n) is 2.01. The number of methoxy groups -OCH3 is 2. The highest BCUT2D eigenvalue weighted by Crippen LogP contribution is 2.41. The van der Waals surface area contributed by atoms with Crippen LogP contribution in [-0.4, -0.2) is 24.2 Å². The smallest absolute Gasteiger partial charge is 0.221 e. The zero-order valence-electron chi connectivity index (χ0n) is 13.1. The van der Waals surface area contributed by atoms with Gasteiger partial charge in [-0.2, -0.15) is 4.98 Å². The maximum Gasteiger partial charge on any atom is 0.221 e. The molecule has 1 aromatic heterocycles. The van der Waals surface area contributed by atoms with Gasteiger partial charge in [-0.05, 0) is 23.6 Å². The van der Waals surface area contributed by atoms with Gasteiger partial charge in [0.2, 0.25) is 5.95 Å². The second-order valence-corrected chi connectivity index (χ2v) is 6.06. The standard InChI is InChI=1S/C15H20N4O2S/c1-8(2)9-5-10(20-3)11(21-4)6-12(9)22-13-7-18-15(17)19-14(13)16/h5-8H,1-4H3,(H4,16,17,18,19). The van der Waals surface area contributed by atoms with Crippen LogP contribution in [0.15, 0.2) is 28.1 Å². The molecule has 0 saturated carbocycles. The van der Waals surface area contributed by atoms with E-state index in [4.69, 9.17) is 20.9 Å². The Morgan fingerprint density at radius 2 is 1.68 bits per heavy atom. The predicted molar refractivity (Wildman–Crippen MR) is 88.6 cm³/mol. The predicted octanol–water partition coefficient (Wildman–Crippen LogP) is 2.93. The molecule has 2 rings (SSSR count). The third kappa shape index (κ3) is 3.36. The van der Waals surface area contributed by atoms with Crippen molar-refractivity contribution < 1.29 is 9.47 Å². The normalized spacial score (nSPS) is 10.8. The van der Waals surface area contributed by atoms with Crippen LogP contribution in [-0.2, 0) is 0 Å². The second-order valence-electron chi connectivity index (χ2n) is 4.98. The number of aromatic nitrogens is 2. The van der Waals surface area contributed by atoms with E-state index in [0.717, 1.165) is 15.4 Å². The van der Waals surface area contributed by atoms with Crippen LogP contribution < -0.4 is 20.9 Å². The highest BCUT2D eigenvalue weighted by molar-refractivity contribution is 7.99. The van der Waals surface area contributed by atoms with Crippen molar-refractivity contribution in [3.63, 3.8) is 0 Å². The van der Waals surface area contributed by atoms with Crippen molar-refractivity contribution in [3.8, 4) is 11.5 Å². The quantitative estimate of drug-likeness (QED) is 0.874. The molecule has 0 unspecified atom stereocenters. The third-order valence-electron chi connectivity index (χ3n) is 3.16. The van der Waals surface area contributed by atoms with Crippen LogP contribution in [0.4, 0.5) is 11.8 Å². The lowest BCUT2D eigenvalue weighted by atomic mass is 10.0. The first-order chi connectivity index (χ1) is 10.5. The van der Waals surface area contributed by atoms with Crippen molar-refractivity contribution in [3.05, 3.63) is 23.9 Å². The Morgan fingerprint density at radius 1 is 1.05 bits per heavy atom. The van der Waals surface area contributed by atoms with Crippen molar-refractivity contribution >= 4 is 23.5 Å². The summed E-state index contributed by atoms with van der Waals surface area (Å²) in [5, 5.41) is 0. The van der Waals surface area contributed by atoms with E-state index in [0.29, 0.717) is 23.2 Å². The molecule has 2 aromatic rings. The van der Waals surface area contributed by atoms with E-state index in [1.807, 2.05) is 12.1 Å². The van der Waals surface area contributed by atoms with Gasteiger partial charge in [-0.25, -0.2) is 4.98 Å². The average molecular weight is 320 g/mol. The lowest BCUT2D eigenvalue weighted by Crippen LogP contribution is -2.01. The molecule has 1 aromatic carbocycles. The van der Waals surface area contributed by atoms with E-state index in [1.165, 1.54) is 11.8 Å². The van der Waals surface area contributed by atoms with Crippen LogP contribution in [0.1, 0.15) is 25.3 Å². The summed E-state index contributed by atoms with van der Waals surface area (Å²) in [5.74, 6) is 2.22. The molecule has 0 aliphatic heterocycles. The van der Waals surface area contributed by atoms with Gasteiger partial charge in [0.05, 0.1) is 19.1 Å². The number of anilines is 2. The lowest BCUT2D eigenvalue weighted by Gasteiger charge is -2.17. The molecular formula is C15H20N4O2S. The molecule has 1 heterocycles. The molecule has 0 fully saturated rings. The van der Waals surface area contributed by atoms with Gasteiger partial charge in [-0.3, -0.25) is 0 Å². The zero-order chi connectivity index (χ0) is 16.3. The van der Waals surface area contributed by atoms with E-state index < -0.39 is 0 Å². The number of nitrogen functional groups attached to an aromatic ring is 2. The summed E-state index contributed by atoms with van der Waals surface area (Å²) in [6.07, 6.45) is 1.63. The van der Waals surface area contributed by atoms with Gasteiger partial charge in [-0.1, -0.05) is 25.6 Å². The van der Waals surface area contributed by atoms with Crippen molar-refractivity contribution in [2.45, 2.75) is 29.6 Å². The van der Waals surface area contributed by atoms with Crippen molar-refractivity contribution in [1.29, 1.82) is 0 Å². The largest absolute Gasteiger partial charge is 0.493 e. The maximum absolute atomic E-state index is 5.91. The Kier molecular flexibility index (Phi) is 4.97. The molecule has 0 atom stereocenters. The van der Waals surface area contributed by atoms with Crippen LogP contribution in [0.5, 0.6) is 11.5 Å². The SMILES string of the molecule is COc1cc(Sc2cnc(N)nc2N)c(C(C)C)cc1OC. The van der Waals surface area contributed by atoms with Crippen LogP contribution in [0.2, 0.25) is 0 Å². The zero-order valence-corrected chi connectivity index (χ0v) is 13.9. The Labute approximate surface area is 134 Å². The van der Waals surface area contributed by atoms with Crippen molar-refractivity contribution in [2.75, 3.05) is 25.7 Å². The van der Waals surface area contributed by atoms with Gasteiger partial charge >= 0.3 is 0 Å². The van der Waals surface area contributed by atoms with E-state index in [9.17, 15) is 0 Å². The first-order valence-corrected chi connectivity index (χ1v) is 7.59. The topological polar surface area (TPSA) is 96.3 Å². The van der Waals surface area contributed by atoms with Gasteiger partial charge in [-0.15, -0.1) is 0 Å². The minimum Gasteiger partial charge on any atom is -0.493 e. The molecule has 0 aliphatic carbocycles. The number of nitrogens with two attached hydrogens (primary N) is 2. The number of hydrogen-bond acceptors (Lipinski definition) is 7. The fourth-order valence-corrected chi connectivity index (χ4v) is 3.08. The summed E-state index contributed by atoms with van der Waals surface area (Å²) < 4.78 is 10.7. The molecule has 4 N–H and O–H groups in total. The Balaban J connectivity index is 2.48. The molecule has 22 heavy (non-hydrogen) atoms. The van der Waals surface area contributed by atoms with Crippen molar-refractivity contribution in [2.24, 2.45) is 0 Å². The summed E-state index contributed by atoms with van der Waals surface area (Å²) in [5.41, 5.74) is 12.6. The number of nitrogens with zero attached hydrogens (tertiary/aromatic N) is 2. The Bertz CT molecular complexity index is 677. The summed E-state index contributed by atoms with van der Waals surface area (Å²) in [4.78, 5) is 9.76. The molecule has 0 amide bonds. The summed E-state index contributed by atoms with van der Waals surface area (Å²) in [7, 11) is 3.24. The molecular weight excluding hydrogens is 300 g/mol. The van der Waals surface area contributed by atoms with Gasteiger partial charge in [0, 0.05) is 11.1 Å². The van der Waals surface area contributed by atoms with Gasteiger partial charge in [0.1, 0.15) is 5.82 Å². The number of benzene rings is 1. The van der Waals surface area contributed by atoms with Gasteiger partial charge < -0.3 is 20.9 Å². The van der Waals surface area contributed by atoms with Crippen LogP contribution >= 0.6 is 11.8 Å². The van der Waals surface area contributed by atoms with Gasteiger partial charge in [0.15, 0.2) is 11.5 Å². The maximum atomic E-state index is 5.91. The van der Waals surface area contributed by atoms with E-state index in [1.54, 1.807) is 20.4 Å². The fraction of sp³-hybridized carbons (Fsp3) is 0.333. The second kappa shape index (κ2) is 6.74. The van der Waals surface area contributed by atoms with Gasteiger partial charge in [0.25, 0.3) is 0 Å². The number of hydrogen-bond donors (Lipinski definition) is 2. The molecule has 7 heteroatoms. The average Bonchev–Trinajstić information content (AvgIpc) is 2.49. The molecule has 0 saturated heterocycles. The van der Waals surface area contributed by atoms with Crippen LogP contribution in [0.25, 0.3) is 0 Å². The molecule has 118 valence electrons. The number of ether oxygens (including phenoxy) is 2. The highest BCUT2D eigenvalue weighted by atomic mass is 32.2. The summed E-state index contributed by atoms with van der Waals surface area (Å²) in [6.45, 7) is 4.24. The summed E-state index contributed by atoms with van der Waals surface area (Å²) >= 11 is 1.49. The summed E-state index contributed by atoms with van der Waals surface area (Å²) in [6, 6.07) is 3.93. The Hall–Kier alpha value is -2.15. The van der Waals surface area contributed by atoms with Crippen molar-refractivity contribution in [1.82, 2.24) is 9.97 Å². The first kappa shape index (κ1) is 16.2. The molecule has 0 aliphatic rings. The molecule has 6 nitrogen and oxygen atoms in total. The first-order valence-electron chi connectivity index (χ1n) is 6.78. The van der Waals surface area contributed by atoms with Crippen LogP contribution in [0, 0.1) is 0 Å². The molecule has 0 bridgehead atoms. The minimum absolute atomic E-state index is 0.165. The van der Waals surface area contributed by atoms with Crippen LogP contribution in [0.3, 0.4) is 0 Å². The lowest BCUT2D eigenvalue weighted by molar-refractivity contribution is 0.353. The van der Waals surface area contributed by atoms with E-state index in [-0.39, 0.29) is 5.95 Å². The Morgan fingerprint density at radius 3 is 2.23 bits per heavy atom.